The molecule has 1 aliphatic rings. The molecular weight excluding hydrogens is 248 g/mol. The summed E-state index contributed by atoms with van der Waals surface area (Å²) in [6.45, 7) is 5.49. The van der Waals surface area contributed by atoms with Crippen molar-refractivity contribution in [3.05, 3.63) is 12.2 Å². The van der Waals surface area contributed by atoms with Gasteiger partial charge in [-0.1, -0.05) is 6.92 Å². The Bertz CT molecular complexity index is 421. The minimum absolute atomic E-state index is 0.320. The number of rotatable bonds is 5. The molecule has 1 aromatic heterocycles. The zero-order valence-corrected chi connectivity index (χ0v) is 11.4. The van der Waals surface area contributed by atoms with Gasteiger partial charge in [0.2, 0.25) is 0 Å². The summed E-state index contributed by atoms with van der Waals surface area (Å²) in [5, 5.41) is 4.20. The van der Waals surface area contributed by atoms with E-state index in [9.17, 15) is 4.79 Å². The van der Waals surface area contributed by atoms with Gasteiger partial charge in [-0.15, -0.1) is 0 Å². The molecule has 19 heavy (non-hydrogen) atoms. The number of carbonyl (C=O) groups excluding carboxylic acids is 1. The maximum atomic E-state index is 11.5. The Morgan fingerprint density at radius 3 is 3.21 bits per heavy atom. The van der Waals surface area contributed by atoms with E-state index in [-0.39, 0.29) is 5.97 Å². The Morgan fingerprint density at radius 1 is 1.63 bits per heavy atom. The maximum Gasteiger partial charge on any atom is 0.336 e. The maximum absolute atomic E-state index is 11.5. The summed E-state index contributed by atoms with van der Waals surface area (Å²) in [6, 6.07) is 0. The SMILES string of the molecule is CCCn1ncnc1CN1CCOC(C(=O)OC)C1. The molecule has 2 heterocycles. The first-order chi connectivity index (χ1) is 9.24. The van der Waals surface area contributed by atoms with Gasteiger partial charge in [0.05, 0.1) is 20.3 Å². The van der Waals surface area contributed by atoms with Gasteiger partial charge in [-0.05, 0) is 6.42 Å². The topological polar surface area (TPSA) is 69.5 Å². The molecule has 1 fully saturated rings. The summed E-state index contributed by atoms with van der Waals surface area (Å²) in [5.41, 5.74) is 0. The molecule has 0 spiro atoms. The van der Waals surface area contributed by atoms with Crippen molar-refractivity contribution in [3.8, 4) is 0 Å². The molecule has 0 bridgehead atoms. The first-order valence-corrected chi connectivity index (χ1v) is 6.53. The number of nitrogens with zero attached hydrogens (tertiary/aromatic N) is 4. The molecular formula is C12H20N4O3. The third-order valence-corrected chi connectivity index (χ3v) is 3.11. The van der Waals surface area contributed by atoms with Crippen LogP contribution < -0.4 is 0 Å². The minimum atomic E-state index is -0.499. The van der Waals surface area contributed by atoms with E-state index in [1.165, 1.54) is 7.11 Å². The van der Waals surface area contributed by atoms with Crippen LogP contribution in [0.1, 0.15) is 19.2 Å². The third-order valence-electron chi connectivity index (χ3n) is 3.11. The molecule has 0 amide bonds. The summed E-state index contributed by atoms with van der Waals surface area (Å²) in [4.78, 5) is 17.9. The van der Waals surface area contributed by atoms with Crippen LogP contribution in [0.5, 0.6) is 0 Å². The van der Waals surface area contributed by atoms with Crippen LogP contribution in [-0.4, -0.2) is 58.5 Å². The lowest BCUT2D eigenvalue weighted by atomic mass is 10.2. The fourth-order valence-corrected chi connectivity index (χ4v) is 2.13. The van der Waals surface area contributed by atoms with Gasteiger partial charge in [0.15, 0.2) is 6.10 Å². The molecule has 1 saturated heterocycles. The van der Waals surface area contributed by atoms with Crippen LogP contribution in [-0.2, 0) is 27.4 Å². The van der Waals surface area contributed by atoms with Crippen molar-refractivity contribution >= 4 is 5.97 Å². The Kier molecular flexibility index (Phi) is 4.86. The molecule has 106 valence electrons. The van der Waals surface area contributed by atoms with E-state index in [2.05, 4.69) is 21.9 Å². The summed E-state index contributed by atoms with van der Waals surface area (Å²) in [5.74, 6) is 0.604. The molecule has 0 radical (unpaired) electrons. The van der Waals surface area contributed by atoms with Gasteiger partial charge in [0, 0.05) is 19.6 Å². The summed E-state index contributed by atoms with van der Waals surface area (Å²) in [6.07, 6.45) is 2.09. The smallest absolute Gasteiger partial charge is 0.336 e. The minimum Gasteiger partial charge on any atom is -0.467 e. The summed E-state index contributed by atoms with van der Waals surface area (Å²) < 4.78 is 12.0. The molecule has 0 aliphatic carbocycles. The molecule has 1 aliphatic heterocycles. The van der Waals surface area contributed by atoms with Crippen molar-refractivity contribution in [1.82, 2.24) is 19.7 Å². The highest BCUT2D eigenvalue weighted by atomic mass is 16.6. The fraction of sp³-hybridized carbons (Fsp3) is 0.750. The number of hydrogen-bond donors (Lipinski definition) is 0. The van der Waals surface area contributed by atoms with Crippen LogP contribution >= 0.6 is 0 Å². The zero-order chi connectivity index (χ0) is 13.7. The van der Waals surface area contributed by atoms with E-state index in [0.717, 1.165) is 25.3 Å². The van der Waals surface area contributed by atoms with Gasteiger partial charge in [-0.3, -0.25) is 4.90 Å². The lowest BCUT2D eigenvalue weighted by Gasteiger charge is -2.30. The first-order valence-electron chi connectivity index (χ1n) is 6.53. The lowest BCUT2D eigenvalue weighted by Crippen LogP contribution is -2.46. The van der Waals surface area contributed by atoms with Gasteiger partial charge in [0.1, 0.15) is 12.2 Å². The van der Waals surface area contributed by atoms with Crippen LogP contribution in [0, 0.1) is 0 Å². The molecule has 0 N–H and O–H groups in total. The van der Waals surface area contributed by atoms with Crippen LogP contribution in [0.15, 0.2) is 6.33 Å². The zero-order valence-electron chi connectivity index (χ0n) is 11.4. The molecule has 1 aromatic rings. The van der Waals surface area contributed by atoms with E-state index in [1.807, 2.05) is 4.68 Å². The van der Waals surface area contributed by atoms with Gasteiger partial charge in [-0.2, -0.15) is 5.10 Å². The second kappa shape index (κ2) is 6.63. The number of ether oxygens (including phenoxy) is 2. The molecule has 0 aromatic carbocycles. The van der Waals surface area contributed by atoms with E-state index in [1.54, 1.807) is 6.33 Å². The summed E-state index contributed by atoms with van der Waals surface area (Å²) in [7, 11) is 1.38. The number of morpholine rings is 1. The first kappa shape index (κ1) is 14.0. The predicted molar refractivity (Wildman–Crippen MR) is 67.3 cm³/mol. The van der Waals surface area contributed by atoms with Crippen molar-refractivity contribution < 1.29 is 14.3 Å². The number of aromatic nitrogens is 3. The van der Waals surface area contributed by atoms with E-state index >= 15 is 0 Å². The number of methoxy groups -OCH3 is 1. The quantitative estimate of drug-likeness (QED) is 0.703. The average Bonchev–Trinajstić information content (AvgIpc) is 2.86. The highest BCUT2D eigenvalue weighted by Gasteiger charge is 2.27. The number of esters is 1. The van der Waals surface area contributed by atoms with Crippen LogP contribution in [0.4, 0.5) is 0 Å². The Hall–Kier alpha value is -1.47. The summed E-state index contributed by atoms with van der Waals surface area (Å²) >= 11 is 0. The van der Waals surface area contributed by atoms with Crippen molar-refractivity contribution in [3.63, 3.8) is 0 Å². The Labute approximate surface area is 112 Å². The average molecular weight is 268 g/mol. The highest BCUT2D eigenvalue weighted by molar-refractivity contribution is 5.74. The normalized spacial score (nSPS) is 20.4. The number of hydrogen-bond acceptors (Lipinski definition) is 6. The predicted octanol–water partition coefficient (Wildman–Crippen LogP) is 0.0619. The van der Waals surface area contributed by atoms with Crippen molar-refractivity contribution in [1.29, 1.82) is 0 Å². The molecule has 1 atom stereocenters. The van der Waals surface area contributed by atoms with E-state index in [0.29, 0.717) is 19.7 Å². The van der Waals surface area contributed by atoms with Gasteiger partial charge in [-0.25, -0.2) is 14.5 Å². The van der Waals surface area contributed by atoms with Crippen molar-refractivity contribution in [2.75, 3.05) is 26.8 Å². The van der Waals surface area contributed by atoms with Crippen LogP contribution in [0.2, 0.25) is 0 Å². The molecule has 2 rings (SSSR count). The standard InChI is InChI=1S/C12H20N4O3/c1-3-4-16-11(13-9-14-16)8-15-5-6-19-10(7-15)12(17)18-2/h9-10H,3-8H2,1-2H3. The fourth-order valence-electron chi connectivity index (χ4n) is 2.13. The van der Waals surface area contributed by atoms with Crippen molar-refractivity contribution in [2.24, 2.45) is 0 Å². The third kappa shape index (κ3) is 3.51. The second-order valence-electron chi connectivity index (χ2n) is 4.52. The van der Waals surface area contributed by atoms with Gasteiger partial charge in [0.25, 0.3) is 0 Å². The van der Waals surface area contributed by atoms with E-state index in [4.69, 9.17) is 9.47 Å². The van der Waals surface area contributed by atoms with E-state index < -0.39 is 6.10 Å². The molecule has 1 unspecified atom stereocenters. The van der Waals surface area contributed by atoms with Gasteiger partial charge < -0.3 is 9.47 Å². The Morgan fingerprint density at radius 2 is 2.47 bits per heavy atom. The molecule has 7 heteroatoms. The van der Waals surface area contributed by atoms with Crippen LogP contribution in [0.25, 0.3) is 0 Å². The van der Waals surface area contributed by atoms with Crippen molar-refractivity contribution in [2.45, 2.75) is 32.5 Å². The highest BCUT2D eigenvalue weighted by Crippen LogP contribution is 2.10. The van der Waals surface area contributed by atoms with Gasteiger partial charge >= 0.3 is 5.97 Å². The van der Waals surface area contributed by atoms with Crippen LogP contribution in [0.3, 0.4) is 0 Å². The monoisotopic (exact) mass is 268 g/mol. The number of aryl methyl sites for hydroxylation is 1. The molecule has 7 nitrogen and oxygen atoms in total. The second-order valence-corrected chi connectivity index (χ2v) is 4.52. The number of carbonyl (C=O) groups is 1. The lowest BCUT2D eigenvalue weighted by molar-refractivity contribution is -0.160. The molecule has 0 saturated carbocycles. The Balaban J connectivity index is 1.94. The largest absolute Gasteiger partial charge is 0.467 e.